The minimum atomic E-state index is 0.556. The topological polar surface area (TPSA) is 48.3 Å². The Morgan fingerprint density at radius 2 is 1.62 bits per heavy atom. The van der Waals surface area contributed by atoms with Gasteiger partial charge in [0.05, 0.1) is 18.5 Å². The van der Waals surface area contributed by atoms with Gasteiger partial charge in [0.1, 0.15) is 23.9 Å². The molecule has 0 aliphatic carbocycles. The summed E-state index contributed by atoms with van der Waals surface area (Å²) in [5, 5.41) is 8.64. The predicted molar refractivity (Wildman–Crippen MR) is 128 cm³/mol. The zero-order valence-electron chi connectivity index (χ0n) is 18.3. The van der Waals surface area contributed by atoms with Crippen molar-refractivity contribution in [1.29, 1.82) is 0 Å². The lowest BCUT2D eigenvalue weighted by atomic mass is 10.0. The van der Waals surface area contributed by atoms with Gasteiger partial charge in [-0.1, -0.05) is 30.3 Å². The van der Waals surface area contributed by atoms with E-state index in [1.54, 1.807) is 7.11 Å². The van der Waals surface area contributed by atoms with Crippen LogP contribution in [0.5, 0.6) is 11.5 Å². The van der Waals surface area contributed by atoms with Crippen LogP contribution in [0, 0.1) is 0 Å². The van der Waals surface area contributed by atoms with Gasteiger partial charge in [-0.15, -0.1) is 0 Å². The van der Waals surface area contributed by atoms with Crippen molar-refractivity contribution in [2.75, 3.05) is 19.0 Å². The summed E-state index contributed by atoms with van der Waals surface area (Å²) in [5.41, 5.74) is 5.58. The molecule has 0 fully saturated rings. The Labute approximate surface area is 188 Å². The number of hydrogen-bond acceptors (Lipinski definition) is 4. The van der Waals surface area contributed by atoms with Crippen LogP contribution in [0.4, 0.5) is 5.82 Å². The van der Waals surface area contributed by atoms with E-state index in [1.807, 2.05) is 47.1 Å². The number of rotatable bonds is 6. The van der Waals surface area contributed by atoms with Crippen molar-refractivity contribution in [3.63, 3.8) is 0 Å². The van der Waals surface area contributed by atoms with E-state index in [0.29, 0.717) is 6.61 Å². The minimum Gasteiger partial charge on any atom is -0.497 e. The van der Waals surface area contributed by atoms with Crippen molar-refractivity contribution in [3.05, 3.63) is 90.0 Å². The van der Waals surface area contributed by atoms with Gasteiger partial charge >= 0.3 is 0 Å². The van der Waals surface area contributed by atoms with E-state index < -0.39 is 0 Å². The fourth-order valence-electron chi connectivity index (χ4n) is 4.09. The van der Waals surface area contributed by atoms with Gasteiger partial charge in [-0.05, 0) is 73.4 Å². The average Bonchev–Trinajstić information content (AvgIpc) is 3.04. The summed E-state index contributed by atoms with van der Waals surface area (Å²) in [6, 6.07) is 26.5. The number of anilines is 1. The maximum Gasteiger partial charge on any atom is 0.133 e. The zero-order chi connectivity index (χ0) is 21.8. The first-order chi connectivity index (χ1) is 15.8. The molecule has 5 nitrogen and oxygen atoms in total. The van der Waals surface area contributed by atoms with E-state index in [1.165, 1.54) is 5.56 Å². The number of ether oxygens (including phenoxy) is 2. The number of nitrogens with zero attached hydrogens (tertiary/aromatic N) is 2. The van der Waals surface area contributed by atoms with E-state index in [0.717, 1.165) is 65.6 Å². The second-order valence-electron chi connectivity index (χ2n) is 7.97. The fraction of sp³-hybridized carbons (Fsp3) is 0.222. The SMILES string of the molecule is COc1ccc(-c2nn(-c3ccc(OCc4ccccc4)cc3)c3c2CCCCN3)cc1. The van der Waals surface area contributed by atoms with Crippen LogP contribution < -0.4 is 14.8 Å². The highest BCUT2D eigenvalue weighted by molar-refractivity contribution is 5.71. The van der Waals surface area contributed by atoms with Crippen LogP contribution in [0.3, 0.4) is 0 Å². The van der Waals surface area contributed by atoms with Crippen molar-refractivity contribution >= 4 is 5.82 Å². The van der Waals surface area contributed by atoms with Crippen molar-refractivity contribution in [2.24, 2.45) is 0 Å². The molecule has 4 aromatic rings. The van der Waals surface area contributed by atoms with Gasteiger partial charge < -0.3 is 14.8 Å². The van der Waals surface area contributed by atoms with Crippen molar-refractivity contribution in [1.82, 2.24) is 9.78 Å². The molecule has 1 aromatic heterocycles. The highest BCUT2D eigenvalue weighted by atomic mass is 16.5. The van der Waals surface area contributed by atoms with E-state index in [9.17, 15) is 0 Å². The number of aromatic nitrogens is 2. The number of fused-ring (bicyclic) bond motifs is 1. The molecule has 0 saturated carbocycles. The molecule has 0 amide bonds. The normalized spacial score (nSPS) is 13.0. The molecule has 5 rings (SSSR count). The van der Waals surface area contributed by atoms with Gasteiger partial charge in [0.2, 0.25) is 0 Å². The van der Waals surface area contributed by atoms with Crippen molar-refractivity contribution in [2.45, 2.75) is 25.9 Å². The highest BCUT2D eigenvalue weighted by Crippen LogP contribution is 2.34. The molecule has 0 saturated heterocycles. The summed E-state index contributed by atoms with van der Waals surface area (Å²) in [6.07, 6.45) is 3.33. The lowest BCUT2D eigenvalue weighted by Crippen LogP contribution is -2.07. The quantitative estimate of drug-likeness (QED) is 0.419. The monoisotopic (exact) mass is 425 g/mol. The first kappa shape index (κ1) is 20.2. The summed E-state index contributed by atoms with van der Waals surface area (Å²) in [7, 11) is 1.69. The zero-order valence-corrected chi connectivity index (χ0v) is 18.3. The molecule has 5 heteroatoms. The maximum atomic E-state index is 5.95. The third kappa shape index (κ3) is 4.19. The number of methoxy groups -OCH3 is 1. The number of hydrogen-bond donors (Lipinski definition) is 1. The summed E-state index contributed by atoms with van der Waals surface area (Å²) >= 11 is 0. The molecule has 162 valence electrons. The minimum absolute atomic E-state index is 0.556. The van der Waals surface area contributed by atoms with Crippen LogP contribution >= 0.6 is 0 Å². The van der Waals surface area contributed by atoms with Crippen molar-refractivity contribution < 1.29 is 9.47 Å². The van der Waals surface area contributed by atoms with Gasteiger partial charge in [-0.25, -0.2) is 4.68 Å². The third-order valence-electron chi connectivity index (χ3n) is 5.82. The standard InChI is InChI=1S/C27H27N3O2/c1-31-23-14-10-21(11-15-23)26-25-9-5-6-18-28-27(25)30(29-26)22-12-16-24(17-13-22)32-19-20-7-3-2-4-8-20/h2-4,7-8,10-17,28H,5-6,9,18-19H2,1H3. The predicted octanol–water partition coefficient (Wildman–Crippen LogP) is 5.88. The Kier molecular flexibility index (Phi) is 5.79. The molecule has 32 heavy (non-hydrogen) atoms. The molecule has 0 unspecified atom stereocenters. The fourth-order valence-corrected chi connectivity index (χ4v) is 4.09. The summed E-state index contributed by atoms with van der Waals surface area (Å²) < 4.78 is 13.3. The second kappa shape index (κ2) is 9.18. The molecular formula is C27H27N3O2. The van der Waals surface area contributed by atoms with Gasteiger partial charge in [0, 0.05) is 17.7 Å². The molecule has 0 atom stereocenters. The van der Waals surface area contributed by atoms with E-state index in [4.69, 9.17) is 14.6 Å². The van der Waals surface area contributed by atoms with Crippen LogP contribution in [-0.4, -0.2) is 23.4 Å². The Bertz CT molecular complexity index is 1170. The van der Waals surface area contributed by atoms with Crippen LogP contribution in [-0.2, 0) is 13.0 Å². The lowest BCUT2D eigenvalue weighted by Gasteiger charge is -2.11. The van der Waals surface area contributed by atoms with Gasteiger partial charge in [-0.3, -0.25) is 0 Å². The summed E-state index contributed by atoms with van der Waals surface area (Å²) in [6.45, 7) is 1.51. The second-order valence-corrected chi connectivity index (χ2v) is 7.97. The highest BCUT2D eigenvalue weighted by Gasteiger charge is 2.21. The summed E-state index contributed by atoms with van der Waals surface area (Å²) in [4.78, 5) is 0. The molecule has 0 radical (unpaired) electrons. The molecule has 1 aliphatic rings. The van der Waals surface area contributed by atoms with E-state index >= 15 is 0 Å². The lowest BCUT2D eigenvalue weighted by molar-refractivity contribution is 0.306. The molecule has 1 aliphatic heterocycles. The van der Waals surface area contributed by atoms with Crippen LogP contribution in [0.25, 0.3) is 16.9 Å². The van der Waals surface area contributed by atoms with Gasteiger partial charge in [0.25, 0.3) is 0 Å². The maximum absolute atomic E-state index is 5.95. The van der Waals surface area contributed by atoms with E-state index in [2.05, 4.69) is 41.7 Å². The smallest absolute Gasteiger partial charge is 0.133 e. The molecule has 0 spiro atoms. The Morgan fingerprint density at radius 3 is 2.38 bits per heavy atom. The number of nitrogens with one attached hydrogen (secondary N) is 1. The van der Waals surface area contributed by atoms with Crippen LogP contribution in [0.15, 0.2) is 78.9 Å². The first-order valence-electron chi connectivity index (χ1n) is 11.1. The molecule has 2 heterocycles. The van der Waals surface area contributed by atoms with Crippen LogP contribution in [0.2, 0.25) is 0 Å². The third-order valence-corrected chi connectivity index (χ3v) is 5.82. The largest absolute Gasteiger partial charge is 0.497 e. The van der Waals surface area contributed by atoms with Crippen LogP contribution in [0.1, 0.15) is 24.0 Å². The van der Waals surface area contributed by atoms with Gasteiger partial charge in [-0.2, -0.15) is 5.10 Å². The summed E-state index contributed by atoms with van der Waals surface area (Å²) in [5.74, 6) is 2.79. The molecule has 0 bridgehead atoms. The first-order valence-corrected chi connectivity index (χ1v) is 11.1. The number of benzene rings is 3. The van der Waals surface area contributed by atoms with Crippen molar-refractivity contribution in [3.8, 4) is 28.4 Å². The Hall–Kier alpha value is -3.73. The molecule has 3 aromatic carbocycles. The van der Waals surface area contributed by atoms with Gasteiger partial charge in [0.15, 0.2) is 0 Å². The Balaban J connectivity index is 1.44. The van der Waals surface area contributed by atoms with E-state index in [-0.39, 0.29) is 0 Å². The average molecular weight is 426 g/mol. The molecule has 1 N–H and O–H groups in total. The Morgan fingerprint density at radius 1 is 0.875 bits per heavy atom. The molecular weight excluding hydrogens is 398 g/mol.